The molecule has 1 aliphatic rings. The highest BCUT2D eigenvalue weighted by Gasteiger charge is 2.26. The van der Waals surface area contributed by atoms with Gasteiger partial charge in [0.25, 0.3) is 5.91 Å². The average molecular weight is 315 g/mol. The van der Waals surface area contributed by atoms with Crippen LogP contribution in [0.2, 0.25) is 0 Å². The molecule has 23 heavy (non-hydrogen) atoms. The maximum Gasteiger partial charge on any atom is 0.256 e. The summed E-state index contributed by atoms with van der Waals surface area (Å²) >= 11 is 0. The summed E-state index contributed by atoms with van der Waals surface area (Å²) < 4.78 is 10.7. The Kier molecular flexibility index (Phi) is 4.92. The lowest BCUT2D eigenvalue weighted by atomic mass is 10.2. The highest BCUT2D eigenvalue weighted by atomic mass is 16.5. The molecule has 1 amide bonds. The van der Waals surface area contributed by atoms with Crippen LogP contribution in [-0.2, 0) is 0 Å². The molecule has 0 bridgehead atoms. The Bertz CT molecular complexity index is 636. The van der Waals surface area contributed by atoms with Crippen LogP contribution in [0.25, 0.3) is 0 Å². The van der Waals surface area contributed by atoms with Crippen LogP contribution in [0, 0.1) is 0 Å². The summed E-state index contributed by atoms with van der Waals surface area (Å²) in [5.41, 5.74) is 0.439. The minimum absolute atomic E-state index is 0.0547. The van der Waals surface area contributed by atoms with Crippen molar-refractivity contribution in [2.45, 2.75) is 18.9 Å². The summed E-state index contributed by atoms with van der Waals surface area (Å²) in [6.45, 7) is 2.54. The zero-order valence-electron chi connectivity index (χ0n) is 13.2. The number of ether oxygens (including phenoxy) is 1. The summed E-state index contributed by atoms with van der Waals surface area (Å²) in [5, 5.41) is 2.98. The van der Waals surface area contributed by atoms with Gasteiger partial charge in [-0.05, 0) is 50.2 Å². The van der Waals surface area contributed by atoms with E-state index in [1.54, 1.807) is 24.6 Å². The van der Waals surface area contributed by atoms with Crippen molar-refractivity contribution >= 4 is 5.91 Å². The molecule has 0 aliphatic carbocycles. The molecule has 0 spiro atoms. The van der Waals surface area contributed by atoms with E-state index in [-0.39, 0.29) is 11.9 Å². The average Bonchev–Trinajstić information content (AvgIpc) is 3.29. The van der Waals surface area contributed by atoms with Crippen LogP contribution < -0.4 is 10.1 Å². The number of likely N-dealkylation sites (tertiary alicyclic amines) is 1. The molecule has 122 valence electrons. The second-order valence-electron chi connectivity index (χ2n) is 5.54. The number of hydrogen-bond acceptors (Lipinski definition) is 5. The van der Waals surface area contributed by atoms with Crippen LogP contribution in [0.1, 0.15) is 35.0 Å². The number of carbonyl (C=O) groups is 1. The first-order valence-corrected chi connectivity index (χ1v) is 7.84. The number of furan rings is 1. The topological polar surface area (TPSA) is 67.6 Å². The van der Waals surface area contributed by atoms with E-state index >= 15 is 0 Å². The number of amides is 1. The monoisotopic (exact) mass is 315 g/mol. The van der Waals surface area contributed by atoms with E-state index in [1.807, 2.05) is 12.1 Å². The maximum absolute atomic E-state index is 12.4. The highest BCUT2D eigenvalue weighted by Crippen LogP contribution is 2.25. The first-order chi connectivity index (χ1) is 11.3. The van der Waals surface area contributed by atoms with Gasteiger partial charge in [0.1, 0.15) is 11.3 Å². The summed E-state index contributed by atoms with van der Waals surface area (Å²) in [6, 6.07) is 7.32. The van der Waals surface area contributed by atoms with Crippen molar-refractivity contribution in [3.05, 3.63) is 48.0 Å². The van der Waals surface area contributed by atoms with Crippen molar-refractivity contribution in [2.75, 3.05) is 26.7 Å². The van der Waals surface area contributed by atoms with Gasteiger partial charge in [-0.25, -0.2) is 4.98 Å². The minimum atomic E-state index is -0.189. The van der Waals surface area contributed by atoms with E-state index in [2.05, 4.69) is 15.2 Å². The number of hydrogen-bond donors (Lipinski definition) is 1. The smallest absolute Gasteiger partial charge is 0.256 e. The molecule has 6 heteroatoms. The second-order valence-corrected chi connectivity index (χ2v) is 5.54. The van der Waals surface area contributed by atoms with E-state index in [0.717, 1.165) is 18.8 Å². The van der Waals surface area contributed by atoms with E-state index < -0.39 is 0 Å². The zero-order chi connectivity index (χ0) is 16.1. The summed E-state index contributed by atoms with van der Waals surface area (Å²) in [7, 11) is 1.51. The molecule has 1 unspecified atom stereocenters. The molecule has 0 radical (unpaired) electrons. The molecule has 2 aromatic heterocycles. The number of aromatic nitrogens is 1. The third-order valence-electron chi connectivity index (χ3n) is 4.12. The number of nitrogens with zero attached hydrogens (tertiary/aromatic N) is 2. The third kappa shape index (κ3) is 3.53. The van der Waals surface area contributed by atoms with Gasteiger partial charge in [0.15, 0.2) is 0 Å². The fourth-order valence-corrected chi connectivity index (χ4v) is 2.95. The van der Waals surface area contributed by atoms with Crippen LogP contribution in [-0.4, -0.2) is 42.5 Å². The molecule has 6 nitrogen and oxygen atoms in total. The van der Waals surface area contributed by atoms with Crippen LogP contribution in [0.15, 0.2) is 41.1 Å². The number of carbonyl (C=O) groups excluding carboxylic acids is 1. The van der Waals surface area contributed by atoms with Gasteiger partial charge in [0.2, 0.25) is 5.88 Å². The molecule has 1 atom stereocenters. The van der Waals surface area contributed by atoms with Gasteiger partial charge >= 0.3 is 0 Å². The van der Waals surface area contributed by atoms with Gasteiger partial charge in [-0.15, -0.1) is 0 Å². The van der Waals surface area contributed by atoms with Crippen molar-refractivity contribution in [3.63, 3.8) is 0 Å². The van der Waals surface area contributed by atoms with Crippen molar-refractivity contribution in [3.8, 4) is 5.88 Å². The van der Waals surface area contributed by atoms with Gasteiger partial charge in [0, 0.05) is 12.7 Å². The number of pyridine rings is 1. The first kappa shape index (κ1) is 15.6. The van der Waals surface area contributed by atoms with Crippen molar-refractivity contribution in [2.24, 2.45) is 0 Å². The van der Waals surface area contributed by atoms with E-state index in [1.165, 1.54) is 20.0 Å². The number of methoxy groups -OCH3 is 1. The Morgan fingerprint density at radius 3 is 2.91 bits per heavy atom. The Morgan fingerprint density at radius 1 is 1.39 bits per heavy atom. The quantitative estimate of drug-likeness (QED) is 0.885. The zero-order valence-corrected chi connectivity index (χ0v) is 13.2. The Balaban J connectivity index is 1.70. The molecular weight excluding hydrogens is 294 g/mol. The lowest BCUT2D eigenvalue weighted by molar-refractivity contribution is 0.0930. The number of nitrogens with one attached hydrogen (secondary N) is 1. The predicted molar refractivity (Wildman–Crippen MR) is 85.4 cm³/mol. The maximum atomic E-state index is 12.4. The summed E-state index contributed by atoms with van der Waals surface area (Å²) in [4.78, 5) is 18.8. The Morgan fingerprint density at radius 2 is 2.22 bits per heavy atom. The Labute approximate surface area is 135 Å². The van der Waals surface area contributed by atoms with Crippen molar-refractivity contribution < 1.29 is 13.9 Å². The second kappa shape index (κ2) is 7.28. The lowest BCUT2D eigenvalue weighted by Gasteiger charge is -2.26. The van der Waals surface area contributed by atoms with Gasteiger partial charge in [-0.3, -0.25) is 9.69 Å². The minimum Gasteiger partial charge on any atom is -0.480 e. The number of rotatable bonds is 6. The van der Waals surface area contributed by atoms with Crippen LogP contribution in [0.5, 0.6) is 5.88 Å². The SMILES string of the molecule is COc1ncccc1C(=O)NCC(c1ccco1)N1CCCC1. The molecule has 1 N–H and O–H groups in total. The predicted octanol–water partition coefficient (Wildman–Crippen LogP) is 2.25. The fraction of sp³-hybridized carbons (Fsp3) is 0.412. The molecule has 2 aromatic rings. The first-order valence-electron chi connectivity index (χ1n) is 7.84. The lowest BCUT2D eigenvalue weighted by Crippen LogP contribution is -2.36. The summed E-state index contributed by atoms with van der Waals surface area (Å²) in [5.74, 6) is 1.02. The fourth-order valence-electron chi connectivity index (χ4n) is 2.95. The van der Waals surface area contributed by atoms with Crippen LogP contribution >= 0.6 is 0 Å². The molecule has 0 saturated carbocycles. The van der Waals surface area contributed by atoms with Crippen molar-refractivity contribution in [1.29, 1.82) is 0 Å². The molecule has 3 heterocycles. The van der Waals surface area contributed by atoms with E-state index in [4.69, 9.17) is 9.15 Å². The molecule has 3 rings (SSSR count). The van der Waals surface area contributed by atoms with Gasteiger partial charge in [-0.1, -0.05) is 0 Å². The third-order valence-corrected chi connectivity index (χ3v) is 4.12. The standard InChI is InChI=1S/C17H21N3O3/c1-22-17-13(6-4-8-18-17)16(21)19-12-14(15-7-5-11-23-15)20-9-2-3-10-20/h4-8,11,14H,2-3,9-10,12H2,1H3,(H,19,21). The molecule has 0 aromatic carbocycles. The highest BCUT2D eigenvalue weighted by molar-refractivity contribution is 5.96. The van der Waals surface area contributed by atoms with Gasteiger partial charge < -0.3 is 14.5 Å². The van der Waals surface area contributed by atoms with E-state index in [9.17, 15) is 4.79 Å². The van der Waals surface area contributed by atoms with E-state index in [0.29, 0.717) is 18.0 Å². The van der Waals surface area contributed by atoms with Gasteiger partial charge in [0.05, 0.1) is 19.4 Å². The molecule has 1 fully saturated rings. The van der Waals surface area contributed by atoms with Crippen LogP contribution in [0.4, 0.5) is 0 Å². The largest absolute Gasteiger partial charge is 0.480 e. The molecule has 1 saturated heterocycles. The molecule has 1 aliphatic heterocycles. The van der Waals surface area contributed by atoms with Gasteiger partial charge in [-0.2, -0.15) is 0 Å². The summed E-state index contributed by atoms with van der Waals surface area (Å²) in [6.07, 6.45) is 5.64. The normalized spacial score (nSPS) is 16.2. The van der Waals surface area contributed by atoms with Crippen LogP contribution in [0.3, 0.4) is 0 Å². The van der Waals surface area contributed by atoms with Crippen molar-refractivity contribution in [1.82, 2.24) is 15.2 Å². The Hall–Kier alpha value is -2.34. The molecular formula is C17H21N3O3.